The smallest absolute Gasteiger partial charge is 0.354 e. The van der Waals surface area contributed by atoms with Crippen LogP contribution in [0.3, 0.4) is 0 Å². The first-order chi connectivity index (χ1) is 5.25. The van der Waals surface area contributed by atoms with Crippen LogP contribution < -0.4 is 0 Å². The zero-order valence-corrected chi connectivity index (χ0v) is 5.70. The number of halogens is 1. The molecule has 60 valence electrons. The van der Waals surface area contributed by atoms with E-state index in [1.165, 1.54) is 17.1 Å². The number of carboxylic acids is 1. The van der Waals surface area contributed by atoms with Gasteiger partial charge < -0.3 is 9.67 Å². The van der Waals surface area contributed by atoms with E-state index in [2.05, 4.69) is 4.98 Å². The van der Waals surface area contributed by atoms with E-state index in [1.54, 1.807) is 0 Å². The molecule has 1 aromatic rings. The number of aromatic nitrogens is 2. The van der Waals surface area contributed by atoms with Crippen LogP contribution in [0.15, 0.2) is 12.5 Å². The van der Waals surface area contributed by atoms with Crippen LogP contribution in [0.1, 0.15) is 10.5 Å². The van der Waals surface area contributed by atoms with Crippen molar-refractivity contribution in [3.63, 3.8) is 0 Å². The van der Waals surface area contributed by atoms with Gasteiger partial charge in [-0.2, -0.15) is 0 Å². The van der Waals surface area contributed by atoms with Crippen LogP contribution >= 0.6 is 0 Å². The third kappa shape index (κ3) is 1.54. The summed E-state index contributed by atoms with van der Waals surface area (Å²) in [5, 5.41) is 8.50. The number of rotatable bonds is 3. The first-order valence-corrected chi connectivity index (χ1v) is 3.05. The molecule has 1 N–H and O–H groups in total. The quantitative estimate of drug-likeness (QED) is 0.698. The highest BCUT2D eigenvalue weighted by Gasteiger charge is 2.08. The molecule has 0 amide bonds. The van der Waals surface area contributed by atoms with E-state index in [0.29, 0.717) is 0 Å². The molecule has 0 bridgehead atoms. The highest BCUT2D eigenvalue weighted by Crippen LogP contribution is 1.98. The van der Waals surface area contributed by atoms with Gasteiger partial charge in [0.1, 0.15) is 12.4 Å². The van der Waals surface area contributed by atoms with Gasteiger partial charge in [-0.25, -0.2) is 14.2 Å². The Kier molecular flexibility index (Phi) is 2.20. The molecule has 0 aliphatic carbocycles. The lowest BCUT2D eigenvalue weighted by Gasteiger charge is -1.98. The van der Waals surface area contributed by atoms with Crippen LogP contribution in [0.5, 0.6) is 0 Å². The van der Waals surface area contributed by atoms with Crippen LogP contribution in [0.25, 0.3) is 0 Å². The second kappa shape index (κ2) is 3.14. The lowest BCUT2D eigenvalue weighted by atomic mass is 10.5. The normalized spacial score (nSPS) is 9.91. The zero-order valence-electron chi connectivity index (χ0n) is 5.70. The van der Waals surface area contributed by atoms with Crippen LogP contribution in [0.2, 0.25) is 0 Å². The topological polar surface area (TPSA) is 55.1 Å². The minimum Gasteiger partial charge on any atom is -0.477 e. The Hall–Kier alpha value is -1.39. The number of aromatic carboxylic acids is 1. The summed E-state index contributed by atoms with van der Waals surface area (Å²) in [7, 11) is 0. The standard InChI is InChI=1S/C6H7FN2O2/c7-1-2-9-4-8-3-5(9)6(10)11/h3-4H,1-2H2,(H,10,11). The minimum atomic E-state index is -1.09. The Morgan fingerprint density at radius 1 is 1.82 bits per heavy atom. The number of imidazole rings is 1. The number of carbonyl (C=O) groups is 1. The predicted molar refractivity (Wildman–Crippen MR) is 35.2 cm³/mol. The summed E-state index contributed by atoms with van der Waals surface area (Å²) in [5.74, 6) is -1.09. The van der Waals surface area contributed by atoms with Gasteiger partial charge >= 0.3 is 5.97 Å². The molecule has 0 saturated heterocycles. The Balaban J connectivity index is 2.87. The lowest BCUT2D eigenvalue weighted by Crippen LogP contribution is -2.08. The maximum Gasteiger partial charge on any atom is 0.354 e. The fraction of sp³-hybridized carbons (Fsp3) is 0.333. The number of nitrogens with zero attached hydrogens (tertiary/aromatic N) is 2. The van der Waals surface area contributed by atoms with Crippen molar-refractivity contribution in [2.75, 3.05) is 6.67 Å². The van der Waals surface area contributed by atoms with Gasteiger partial charge in [0, 0.05) is 0 Å². The second-order valence-electron chi connectivity index (χ2n) is 1.97. The van der Waals surface area contributed by atoms with Crippen LogP contribution in [0, 0.1) is 0 Å². The summed E-state index contributed by atoms with van der Waals surface area (Å²) in [4.78, 5) is 14.0. The van der Waals surface area contributed by atoms with Gasteiger partial charge in [-0.15, -0.1) is 0 Å². The highest BCUT2D eigenvalue weighted by molar-refractivity contribution is 5.85. The van der Waals surface area contributed by atoms with E-state index in [4.69, 9.17) is 5.11 Å². The fourth-order valence-electron chi connectivity index (χ4n) is 0.768. The number of hydrogen-bond acceptors (Lipinski definition) is 2. The Bertz CT molecular complexity index is 259. The molecule has 0 unspecified atom stereocenters. The number of aryl methyl sites for hydroxylation is 1. The molecule has 1 heterocycles. The molecule has 4 nitrogen and oxygen atoms in total. The largest absolute Gasteiger partial charge is 0.477 e. The van der Waals surface area contributed by atoms with E-state index in [9.17, 15) is 9.18 Å². The number of hydrogen-bond donors (Lipinski definition) is 1. The molecule has 5 heteroatoms. The molecule has 0 aromatic carbocycles. The van der Waals surface area contributed by atoms with Crippen molar-refractivity contribution in [1.29, 1.82) is 0 Å². The van der Waals surface area contributed by atoms with Crippen LogP contribution in [0.4, 0.5) is 4.39 Å². The van der Waals surface area contributed by atoms with Crippen LogP contribution in [-0.2, 0) is 6.54 Å². The molecule has 0 aliphatic heterocycles. The molecule has 1 rings (SSSR count). The monoisotopic (exact) mass is 158 g/mol. The zero-order chi connectivity index (χ0) is 8.27. The van der Waals surface area contributed by atoms with Gasteiger partial charge in [0.2, 0.25) is 0 Å². The maximum absolute atomic E-state index is 11.8. The summed E-state index contributed by atoms with van der Waals surface area (Å²) in [6.07, 6.45) is 2.49. The molecule has 0 atom stereocenters. The van der Waals surface area contributed by atoms with E-state index < -0.39 is 12.6 Å². The van der Waals surface area contributed by atoms with Gasteiger partial charge in [0.25, 0.3) is 0 Å². The Morgan fingerprint density at radius 3 is 3.09 bits per heavy atom. The van der Waals surface area contributed by atoms with Gasteiger partial charge in [-0.3, -0.25) is 0 Å². The van der Waals surface area contributed by atoms with E-state index >= 15 is 0 Å². The Labute approximate surface area is 62.3 Å². The lowest BCUT2D eigenvalue weighted by molar-refractivity contribution is 0.0684. The van der Waals surface area contributed by atoms with Gasteiger partial charge in [-0.1, -0.05) is 0 Å². The fourth-order valence-corrected chi connectivity index (χ4v) is 0.768. The molecular formula is C6H7FN2O2. The summed E-state index contributed by atoms with van der Waals surface area (Å²) in [5.41, 5.74) is 0.0163. The highest BCUT2D eigenvalue weighted by atomic mass is 19.1. The van der Waals surface area contributed by atoms with Gasteiger partial charge in [0.15, 0.2) is 0 Å². The SMILES string of the molecule is O=C(O)c1cncn1CCF. The van der Waals surface area contributed by atoms with Crippen molar-refractivity contribution >= 4 is 5.97 Å². The third-order valence-corrected chi connectivity index (χ3v) is 1.26. The average Bonchev–Trinajstić information content (AvgIpc) is 2.36. The number of carboxylic acid groups (broad SMARTS) is 1. The molecule has 0 spiro atoms. The molecule has 0 saturated carbocycles. The van der Waals surface area contributed by atoms with Crippen molar-refractivity contribution < 1.29 is 14.3 Å². The van der Waals surface area contributed by atoms with Crippen LogP contribution in [-0.4, -0.2) is 27.3 Å². The van der Waals surface area contributed by atoms with E-state index in [1.807, 2.05) is 0 Å². The molecule has 1 aromatic heterocycles. The first-order valence-electron chi connectivity index (χ1n) is 3.05. The minimum absolute atomic E-state index is 0.0163. The van der Waals surface area contributed by atoms with Gasteiger partial charge in [-0.05, 0) is 0 Å². The van der Waals surface area contributed by atoms with Crippen molar-refractivity contribution in [2.45, 2.75) is 6.54 Å². The summed E-state index contributed by atoms with van der Waals surface area (Å²) in [6, 6.07) is 0. The molecule has 11 heavy (non-hydrogen) atoms. The van der Waals surface area contributed by atoms with E-state index in [0.717, 1.165) is 0 Å². The average molecular weight is 158 g/mol. The summed E-state index contributed by atoms with van der Waals surface area (Å²) >= 11 is 0. The van der Waals surface area contributed by atoms with E-state index in [-0.39, 0.29) is 12.2 Å². The van der Waals surface area contributed by atoms with Gasteiger partial charge in [0.05, 0.1) is 19.1 Å². The molecule has 0 fully saturated rings. The number of alkyl halides is 1. The summed E-state index contributed by atoms with van der Waals surface area (Å²) in [6.45, 7) is -0.543. The second-order valence-corrected chi connectivity index (χ2v) is 1.97. The predicted octanol–water partition coefficient (Wildman–Crippen LogP) is 0.551. The molecular weight excluding hydrogens is 151 g/mol. The maximum atomic E-state index is 11.8. The molecule has 0 aliphatic rings. The van der Waals surface area contributed by atoms with Crippen molar-refractivity contribution in [3.8, 4) is 0 Å². The molecule has 0 radical (unpaired) electrons. The Morgan fingerprint density at radius 2 is 2.55 bits per heavy atom. The van der Waals surface area contributed by atoms with Crippen molar-refractivity contribution in [3.05, 3.63) is 18.2 Å². The first kappa shape index (κ1) is 7.71. The van der Waals surface area contributed by atoms with Crippen molar-refractivity contribution in [1.82, 2.24) is 9.55 Å². The third-order valence-electron chi connectivity index (χ3n) is 1.26. The van der Waals surface area contributed by atoms with Crippen molar-refractivity contribution in [2.24, 2.45) is 0 Å². The summed E-state index contributed by atoms with van der Waals surface area (Å²) < 4.78 is 13.0.